The Bertz CT molecular complexity index is 325. The molecule has 0 aliphatic heterocycles. The Kier molecular flexibility index (Phi) is 43.8. The monoisotopic (exact) mass is 414 g/mol. The van der Waals surface area contributed by atoms with Gasteiger partial charge in [0.05, 0.1) is 12.5 Å². The fraction of sp³-hybridized carbons (Fsp3) is 0.600. The number of nitrogens with two attached hydrogens (primary N) is 2. The van der Waals surface area contributed by atoms with Crippen LogP contribution < -0.4 is 70.6 Å². The van der Waals surface area contributed by atoms with Crippen LogP contribution in [0.4, 0.5) is 0 Å². The van der Waals surface area contributed by atoms with E-state index in [0.29, 0.717) is 0 Å². The van der Waals surface area contributed by atoms with Gasteiger partial charge in [-0.3, -0.25) is 18.1 Å². The summed E-state index contributed by atoms with van der Waals surface area (Å²) in [5, 5.41) is 8.24. The summed E-state index contributed by atoms with van der Waals surface area (Å²) in [6.45, 7) is 2.00. The summed E-state index contributed by atoms with van der Waals surface area (Å²) in [6, 6.07) is -0.813. The van der Waals surface area contributed by atoms with E-state index in [-0.39, 0.29) is 97.8 Å². The van der Waals surface area contributed by atoms with Crippen molar-refractivity contribution in [2.75, 3.05) is 0 Å². The van der Waals surface area contributed by atoms with Gasteiger partial charge in [0.25, 0.3) is 0 Å². The molecule has 0 aliphatic carbocycles. The molecule has 16 heteroatoms. The number of rotatable bonds is 5. The molecule has 0 fully saturated rings. The molecule has 0 aromatic heterocycles. The topological polar surface area (TPSA) is 210 Å². The van der Waals surface area contributed by atoms with Crippen molar-refractivity contribution < 1.29 is 120 Å². The predicted octanol–water partition coefficient (Wildman–Crippen LogP) is -7.40. The number of carbonyl (C=O) groups is 2. The van der Waals surface area contributed by atoms with Gasteiger partial charge in [-0.1, -0.05) is 0 Å². The summed E-state index contributed by atoms with van der Waals surface area (Å²) in [5.74, 6) is -1.06. The van der Waals surface area contributed by atoms with Crippen LogP contribution in [0.1, 0.15) is 9.27 Å². The molecular formula is C5H16FeN2Na2O9S2. The van der Waals surface area contributed by atoms with Gasteiger partial charge in [-0.15, -0.1) is 0 Å². The van der Waals surface area contributed by atoms with Crippen LogP contribution in [0.2, 0.25) is 0 Å². The molecule has 0 radical (unpaired) electrons. The van der Waals surface area contributed by atoms with Crippen LogP contribution >= 0.6 is 12.3 Å². The number of carboxylic acids is 1. The van der Waals surface area contributed by atoms with Crippen LogP contribution in [0, 0.1) is 0 Å². The predicted molar refractivity (Wildman–Crippen MR) is 63.0 cm³/mol. The zero-order valence-corrected chi connectivity index (χ0v) is 18.0. The Hall–Kier alpha value is 1.72. The normalized spacial score (nSPS) is 11.3. The van der Waals surface area contributed by atoms with Gasteiger partial charge < -0.3 is 28.8 Å². The Morgan fingerprint density at radius 3 is 1.76 bits per heavy atom. The van der Waals surface area contributed by atoms with Gasteiger partial charge in [-0.05, 0) is 0 Å². The Labute approximate surface area is 183 Å². The van der Waals surface area contributed by atoms with E-state index < -0.39 is 28.6 Å². The van der Waals surface area contributed by atoms with Crippen molar-refractivity contribution in [1.82, 2.24) is 0 Å². The van der Waals surface area contributed by atoms with Gasteiger partial charge in [-0.2, -0.15) is 8.42 Å². The maximum Gasteiger partial charge on any atom is 1.00 e. The van der Waals surface area contributed by atoms with Gasteiger partial charge in [0.1, 0.15) is 13.0 Å². The Balaban J connectivity index is -0.0000000276. The largest absolute Gasteiger partial charge is 1.00 e. The standard InChI is InChI=1S/C4H10N2O4S.CH2O.Fe.2Na.H2O4S.2H/c5-2(1-3(7)8)4(6)10-11-9;1-2;;;;1-5(2,3)4;;/h2,4,9H,1,5-6H2,(H,7,8);1H2;;;;(H2,1,2,3,4);;/q;;;2*+1;;2*-1. The number of carbonyl (C=O) groups excluding carboxylic acids is 1. The van der Waals surface area contributed by atoms with E-state index >= 15 is 0 Å². The van der Waals surface area contributed by atoms with Crippen molar-refractivity contribution in [3.63, 3.8) is 0 Å². The molecule has 0 spiro atoms. The summed E-state index contributed by atoms with van der Waals surface area (Å²) in [5.41, 5.74) is 10.4. The van der Waals surface area contributed by atoms with Crippen LogP contribution in [-0.4, -0.2) is 52.2 Å². The number of carboxylic acid groups (broad SMARTS) is 1. The molecule has 0 aliphatic rings. The van der Waals surface area contributed by atoms with Crippen LogP contribution in [0.25, 0.3) is 0 Å². The molecule has 0 saturated heterocycles. The van der Waals surface area contributed by atoms with Crippen molar-refractivity contribution >= 4 is 35.5 Å². The van der Waals surface area contributed by atoms with Crippen LogP contribution in [-0.2, 0) is 41.2 Å². The molecular weight excluding hydrogens is 398 g/mol. The van der Waals surface area contributed by atoms with Crippen LogP contribution in [0.3, 0.4) is 0 Å². The zero-order valence-electron chi connectivity index (χ0n) is 13.2. The molecule has 0 rings (SSSR count). The van der Waals surface area contributed by atoms with E-state index in [4.69, 9.17) is 43.4 Å². The maximum absolute atomic E-state index is 10.1. The minimum absolute atomic E-state index is 0. The summed E-state index contributed by atoms with van der Waals surface area (Å²) in [7, 11) is -4.67. The molecule has 122 valence electrons. The molecule has 0 aromatic carbocycles. The minimum atomic E-state index is -4.67. The third-order valence-electron chi connectivity index (χ3n) is 0.986. The first-order chi connectivity index (χ1) is 8.07. The maximum atomic E-state index is 10.1. The van der Waals surface area contributed by atoms with Gasteiger partial charge in [0.2, 0.25) is 0 Å². The van der Waals surface area contributed by atoms with Crippen molar-refractivity contribution in [1.29, 1.82) is 0 Å². The first kappa shape index (κ1) is 38.3. The Morgan fingerprint density at radius 2 is 1.57 bits per heavy atom. The van der Waals surface area contributed by atoms with Crippen molar-refractivity contribution in [3.8, 4) is 0 Å². The van der Waals surface area contributed by atoms with Crippen molar-refractivity contribution in [3.05, 3.63) is 0 Å². The fourth-order valence-corrected chi connectivity index (χ4v) is 0.681. The molecule has 2 atom stereocenters. The summed E-state index contributed by atoms with van der Waals surface area (Å²) < 4.78 is 44.1. The third kappa shape index (κ3) is 52.2. The molecule has 11 nitrogen and oxygen atoms in total. The van der Waals surface area contributed by atoms with Crippen LogP contribution in [0.5, 0.6) is 0 Å². The fourth-order valence-electron chi connectivity index (χ4n) is 0.439. The first-order valence-corrected chi connectivity index (χ1v) is 5.86. The molecule has 0 bridgehead atoms. The summed E-state index contributed by atoms with van der Waals surface area (Å²) in [4.78, 5) is 18.1. The quantitative estimate of drug-likeness (QED) is 0.107. The van der Waals surface area contributed by atoms with Gasteiger partial charge >= 0.3 is 75.5 Å². The van der Waals surface area contributed by atoms with Gasteiger partial charge in [-0.25, -0.2) is 0 Å². The van der Waals surface area contributed by atoms with E-state index in [1.165, 1.54) is 0 Å². The smallest absolute Gasteiger partial charge is 1.00 e. The van der Waals surface area contributed by atoms with Crippen LogP contribution in [0.15, 0.2) is 0 Å². The Morgan fingerprint density at radius 1 is 1.29 bits per heavy atom. The second-order valence-electron chi connectivity index (χ2n) is 2.34. The molecule has 0 heterocycles. The molecule has 0 amide bonds. The van der Waals surface area contributed by atoms with Gasteiger partial charge in [0.15, 0.2) is 12.3 Å². The first-order valence-electron chi connectivity index (χ1n) is 3.76. The second-order valence-corrected chi connectivity index (χ2v) is 3.58. The summed E-state index contributed by atoms with van der Waals surface area (Å²) in [6.07, 6.45) is -1.26. The average Bonchev–Trinajstić information content (AvgIpc) is 2.17. The number of aliphatic carboxylic acids is 1. The third-order valence-corrected chi connectivity index (χ3v) is 1.29. The molecule has 2 unspecified atom stereocenters. The van der Waals surface area contributed by atoms with E-state index in [1.807, 2.05) is 6.79 Å². The number of hydrogen-bond acceptors (Lipinski definition) is 9. The zero-order chi connectivity index (χ0) is 15.4. The molecule has 0 saturated carbocycles. The van der Waals surface area contributed by atoms with E-state index in [2.05, 4.69) is 4.18 Å². The van der Waals surface area contributed by atoms with Crippen molar-refractivity contribution in [2.45, 2.75) is 18.7 Å². The van der Waals surface area contributed by atoms with E-state index in [0.717, 1.165) is 0 Å². The summed E-state index contributed by atoms with van der Waals surface area (Å²) >= 11 is 0.0672. The SMILES string of the molecule is C=O.NC(CC(=O)O)C(N)OSO.O=S(=O)(O)O.[Fe].[H-].[H-].[Na+].[Na+]. The van der Waals surface area contributed by atoms with Gasteiger partial charge in [0, 0.05) is 17.1 Å². The minimum Gasteiger partial charge on any atom is -1.00 e. The van der Waals surface area contributed by atoms with E-state index in [1.54, 1.807) is 0 Å². The number of hydrogen-bond donors (Lipinski definition) is 6. The molecule has 8 N–H and O–H groups in total. The average molecular weight is 414 g/mol. The molecule has 0 aromatic rings. The molecule has 21 heavy (non-hydrogen) atoms. The van der Waals surface area contributed by atoms with Crippen molar-refractivity contribution in [2.24, 2.45) is 11.5 Å². The second kappa shape index (κ2) is 24.0. The van der Waals surface area contributed by atoms with E-state index in [9.17, 15) is 4.79 Å².